The van der Waals surface area contributed by atoms with E-state index in [1.165, 1.54) is 12.2 Å². The maximum Gasteiger partial charge on any atom is 0.163 e. The van der Waals surface area contributed by atoms with E-state index >= 15 is 0 Å². The second kappa shape index (κ2) is 10.2. The molecule has 0 saturated carbocycles. The minimum Gasteiger partial charge on any atom is -0.508 e. The molecule has 3 aromatic carbocycles. The van der Waals surface area contributed by atoms with Gasteiger partial charge in [-0.05, 0) is 58.7 Å². The summed E-state index contributed by atoms with van der Waals surface area (Å²) in [6.45, 7) is 0. The number of benzene rings is 3. The van der Waals surface area contributed by atoms with Gasteiger partial charge in [0.1, 0.15) is 5.75 Å². The number of carbonyl (C=O) groups is 2. The molecule has 0 bridgehead atoms. The number of rotatable bonds is 8. The molecule has 0 unspecified atom stereocenters. The maximum atomic E-state index is 12.3. The van der Waals surface area contributed by atoms with Crippen LogP contribution in [0, 0.1) is 0 Å². The van der Waals surface area contributed by atoms with Crippen LogP contribution in [-0.2, 0) is 9.59 Å². The third-order valence-corrected chi connectivity index (χ3v) is 4.77. The zero-order valence-corrected chi connectivity index (χ0v) is 17.7. The van der Waals surface area contributed by atoms with Crippen LogP contribution in [0.4, 0.5) is 5.69 Å². The van der Waals surface area contributed by atoms with Gasteiger partial charge in [-0.25, -0.2) is 0 Å². The van der Waals surface area contributed by atoms with Gasteiger partial charge in [-0.3, -0.25) is 9.59 Å². The lowest BCUT2D eigenvalue weighted by atomic mass is 10.0. The number of hydrogen-bond acceptors (Lipinski definition) is 4. The number of ketones is 2. The summed E-state index contributed by atoms with van der Waals surface area (Å²) in [5, 5.41) is 9.29. The number of aromatic hydroxyl groups is 1. The molecular weight excluding hydrogens is 386 g/mol. The monoisotopic (exact) mass is 411 g/mol. The third kappa shape index (κ3) is 6.28. The summed E-state index contributed by atoms with van der Waals surface area (Å²) in [6.07, 6.45) is 6.04. The Morgan fingerprint density at radius 1 is 0.806 bits per heavy atom. The second-order valence-electron chi connectivity index (χ2n) is 7.40. The van der Waals surface area contributed by atoms with E-state index in [-0.39, 0.29) is 23.7 Å². The predicted molar refractivity (Wildman–Crippen MR) is 127 cm³/mol. The average Bonchev–Trinajstić information content (AvgIpc) is 2.77. The highest BCUT2D eigenvalue weighted by Crippen LogP contribution is 2.28. The van der Waals surface area contributed by atoms with Crippen molar-refractivity contribution < 1.29 is 14.7 Å². The lowest BCUT2D eigenvalue weighted by Crippen LogP contribution is -2.10. The van der Waals surface area contributed by atoms with Crippen molar-refractivity contribution in [2.75, 3.05) is 19.0 Å². The van der Waals surface area contributed by atoms with Crippen LogP contribution >= 0.6 is 0 Å². The van der Waals surface area contributed by atoms with Crippen LogP contribution in [0.1, 0.15) is 17.5 Å². The van der Waals surface area contributed by atoms with Gasteiger partial charge >= 0.3 is 0 Å². The minimum atomic E-state index is -0.269. The Kier molecular flexibility index (Phi) is 7.17. The molecule has 0 spiro atoms. The standard InChI is InChI=1S/C27H25NO3/c1-28(2)27-18-23(21-6-4-3-5-7-21)12-11-22(27)13-17-26(31)19-25(30)16-10-20-8-14-24(29)15-9-20/h3-18,29H,19H2,1-2H3/b16-10+,17-13+. The van der Waals surface area contributed by atoms with E-state index < -0.39 is 0 Å². The van der Waals surface area contributed by atoms with Gasteiger partial charge in [0, 0.05) is 19.8 Å². The van der Waals surface area contributed by atoms with Crippen LogP contribution in [0.5, 0.6) is 5.75 Å². The van der Waals surface area contributed by atoms with Crippen molar-refractivity contribution in [1.82, 2.24) is 0 Å². The van der Waals surface area contributed by atoms with Gasteiger partial charge in [-0.15, -0.1) is 0 Å². The summed E-state index contributed by atoms with van der Waals surface area (Å²) in [6, 6.07) is 22.7. The van der Waals surface area contributed by atoms with E-state index in [1.54, 1.807) is 36.4 Å². The molecule has 0 aliphatic heterocycles. The summed E-state index contributed by atoms with van der Waals surface area (Å²) in [5.74, 6) is -0.357. The van der Waals surface area contributed by atoms with Crippen LogP contribution in [0.3, 0.4) is 0 Å². The van der Waals surface area contributed by atoms with E-state index in [4.69, 9.17) is 0 Å². The molecule has 0 saturated heterocycles. The van der Waals surface area contributed by atoms with Gasteiger partial charge in [-0.2, -0.15) is 0 Å². The molecule has 0 aliphatic rings. The van der Waals surface area contributed by atoms with Gasteiger partial charge in [0.2, 0.25) is 0 Å². The molecule has 0 aliphatic carbocycles. The van der Waals surface area contributed by atoms with Gasteiger partial charge in [0.05, 0.1) is 6.42 Å². The minimum absolute atomic E-state index is 0.165. The Morgan fingerprint density at radius 3 is 2.10 bits per heavy atom. The lowest BCUT2D eigenvalue weighted by molar-refractivity contribution is -0.121. The number of hydrogen-bond donors (Lipinski definition) is 1. The topological polar surface area (TPSA) is 57.6 Å². The zero-order valence-electron chi connectivity index (χ0n) is 17.7. The molecule has 0 atom stereocenters. The molecule has 3 rings (SSSR count). The first kappa shape index (κ1) is 21.8. The third-order valence-electron chi connectivity index (χ3n) is 4.77. The number of phenols is 1. The van der Waals surface area contributed by atoms with E-state index in [2.05, 4.69) is 18.2 Å². The number of nitrogens with zero attached hydrogens (tertiary/aromatic N) is 1. The Labute approximate surface area is 182 Å². The number of phenolic OH excluding ortho intramolecular Hbond substituents is 1. The number of anilines is 1. The smallest absolute Gasteiger partial charge is 0.163 e. The summed E-state index contributed by atoms with van der Waals surface area (Å²) in [4.78, 5) is 26.3. The quantitative estimate of drug-likeness (QED) is 0.399. The average molecular weight is 412 g/mol. The fourth-order valence-electron chi connectivity index (χ4n) is 3.13. The predicted octanol–water partition coefficient (Wildman–Crippen LogP) is 5.38. The van der Waals surface area contributed by atoms with Crippen LogP contribution in [0.2, 0.25) is 0 Å². The molecule has 0 amide bonds. The van der Waals surface area contributed by atoms with Crippen LogP contribution in [0.25, 0.3) is 23.3 Å². The van der Waals surface area contributed by atoms with Crippen molar-refractivity contribution in [3.63, 3.8) is 0 Å². The Balaban J connectivity index is 1.68. The molecule has 0 radical (unpaired) electrons. The zero-order chi connectivity index (χ0) is 22.2. The van der Waals surface area contributed by atoms with Crippen LogP contribution in [-0.4, -0.2) is 30.8 Å². The van der Waals surface area contributed by atoms with Crippen LogP contribution < -0.4 is 4.90 Å². The highest BCUT2D eigenvalue weighted by atomic mass is 16.3. The highest BCUT2D eigenvalue weighted by molar-refractivity contribution is 6.11. The van der Waals surface area contributed by atoms with Crippen LogP contribution in [0.15, 0.2) is 84.9 Å². The normalized spacial score (nSPS) is 11.2. The van der Waals surface area contributed by atoms with Crippen molar-refractivity contribution in [1.29, 1.82) is 0 Å². The summed E-state index contributed by atoms with van der Waals surface area (Å²) >= 11 is 0. The van der Waals surface area contributed by atoms with Gasteiger partial charge in [-0.1, -0.05) is 60.7 Å². The molecule has 0 fully saturated rings. The van der Waals surface area contributed by atoms with Crippen molar-refractivity contribution >= 4 is 29.4 Å². The SMILES string of the molecule is CN(C)c1cc(-c2ccccc2)ccc1/C=C/C(=O)CC(=O)/C=C/c1ccc(O)cc1. The van der Waals surface area contributed by atoms with Gasteiger partial charge in [0.15, 0.2) is 11.6 Å². The van der Waals surface area contributed by atoms with Crippen molar-refractivity contribution in [3.05, 3.63) is 96.1 Å². The first-order chi connectivity index (χ1) is 14.9. The maximum absolute atomic E-state index is 12.3. The molecule has 156 valence electrons. The summed E-state index contributed by atoms with van der Waals surface area (Å²) in [7, 11) is 3.92. The van der Waals surface area contributed by atoms with E-state index in [0.29, 0.717) is 0 Å². The van der Waals surface area contributed by atoms with Crippen molar-refractivity contribution in [2.24, 2.45) is 0 Å². The molecule has 0 heterocycles. The van der Waals surface area contributed by atoms with E-state index in [9.17, 15) is 14.7 Å². The van der Waals surface area contributed by atoms with Crippen molar-refractivity contribution in [3.8, 4) is 16.9 Å². The molecular formula is C27H25NO3. The first-order valence-electron chi connectivity index (χ1n) is 10.00. The summed E-state index contributed by atoms with van der Waals surface area (Å²) in [5.41, 5.74) is 4.91. The van der Waals surface area contributed by atoms with E-state index in [0.717, 1.165) is 27.9 Å². The largest absolute Gasteiger partial charge is 0.508 e. The first-order valence-corrected chi connectivity index (χ1v) is 10.00. The number of allylic oxidation sites excluding steroid dienone is 2. The summed E-state index contributed by atoms with van der Waals surface area (Å²) < 4.78 is 0. The Bertz CT molecular complexity index is 1110. The second-order valence-corrected chi connectivity index (χ2v) is 7.40. The molecule has 4 nitrogen and oxygen atoms in total. The molecule has 0 aromatic heterocycles. The molecule has 31 heavy (non-hydrogen) atoms. The number of carbonyl (C=O) groups excluding carboxylic acids is 2. The van der Waals surface area contributed by atoms with Crippen molar-refractivity contribution in [2.45, 2.75) is 6.42 Å². The molecule has 4 heteroatoms. The molecule has 3 aromatic rings. The highest BCUT2D eigenvalue weighted by Gasteiger charge is 2.08. The van der Waals surface area contributed by atoms with Gasteiger partial charge < -0.3 is 10.0 Å². The fraction of sp³-hybridized carbons (Fsp3) is 0.111. The Hall–Kier alpha value is -3.92. The van der Waals surface area contributed by atoms with E-state index in [1.807, 2.05) is 49.3 Å². The Morgan fingerprint density at radius 2 is 1.45 bits per heavy atom. The fourth-order valence-corrected chi connectivity index (χ4v) is 3.13. The lowest BCUT2D eigenvalue weighted by Gasteiger charge is -2.17. The molecule has 1 N–H and O–H groups in total. The van der Waals surface area contributed by atoms with Gasteiger partial charge in [0.25, 0.3) is 0 Å².